The standard InChI is InChI=1S/C22H21BrN4O2/c1-3-18(21(28)24-12-14-7-6-8-15(23)11-14)27-19-10-5-4-9-16(19)17-13-25-26(2)22(29)20(17)27/h4-11,13,18H,3,12H2,1-2H3,(H,24,28). The molecule has 0 radical (unpaired) electrons. The summed E-state index contributed by atoms with van der Waals surface area (Å²) in [6.07, 6.45) is 2.26. The normalized spacial score (nSPS) is 12.4. The van der Waals surface area contributed by atoms with Gasteiger partial charge >= 0.3 is 0 Å². The summed E-state index contributed by atoms with van der Waals surface area (Å²) in [5.74, 6) is -0.117. The molecule has 2 aromatic carbocycles. The van der Waals surface area contributed by atoms with Crippen LogP contribution in [-0.4, -0.2) is 20.3 Å². The first-order chi connectivity index (χ1) is 14.0. The topological polar surface area (TPSA) is 68.9 Å². The van der Waals surface area contributed by atoms with Crippen LogP contribution in [0.4, 0.5) is 0 Å². The Labute approximate surface area is 176 Å². The van der Waals surface area contributed by atoms with Gasteiger partial charge in [-0.05, 0) is 30.2 Å². The van der Waals surface area contributed by atoms with E-state index in [0.29, 0.717) is 18.5 Å². The van der Waals surface area contributed by atoms with E-state index in [0.717, 1.165) is 26.3 Å². The molecule has 7 heteroatoms. The van der Waals surface area contributed by atoms with E-state index in [1.807, 2.05) is 60.0 Å². The molecule has 29 heavy (non-hydrogen) atoms. The lowest BCUT2D eigenvalue weighted by Crippen LogP contribution is -2.33. The third-order valence-electron chi connectivity index (χ3n) is 5.16. The molecule has 1 amide bonds. The highest BCUT2D eigenvalue weighted by molar-refractivity contribution is 9.10. The lowest BCUT2D eigenvalue weighted by molar-refractivity contribution is -0.124. The van der Waals surface area contributed by atoms with Gasteiger partial charge < -0.3 is 9.88 Å². The van der Waals surface area contributed by atoms with E-state index in [-0.39, 0.29) is 11.5 Å². The number of rotatable bonds is 5. The number of carbonyl (C=O) groups excluding carboxylic acids is 1. The third kappa shape index (κ3) is 3.46. The molecule has 2 heterocycles. The number of hydrogen-bond donors (Lipinski definition) is 1. The van der Waals surface area contributed by atoms with Crippen LogP contribution in [0.15, 0.2) is 64.0 Å². The van der Waals surface area contributed by atoms with E-state index in [4.69, 9.17) is 0 Å². The molecule has 0 aliphatic carbocycles. The Morgan fingerprint density at radius 3 is 2.72 bits per heavy atom. The molecule has 6 nitrogen and oxygen atoms in total. The van der Waals surface area contributed by atoms with Gasteiger partial charge in [-0.25, -0.2) is 4.68 Å². The average molecular weight is 453 g/mol. The SMILES string of the molecule is CCC(C(=O)NCc1cccc(Br)c1)n1c2ccccc2c2cnn(C)c(=O)c21. The minimum absolute atomic E-state index is 0.117. The Kier molecular flexibility index (Phi) is 5.24. The van der Waals surface area contributed by atoms with Crippen molar-refractivity contribution in [3.63, 3.8) is 0 Å². The molecular weight excluding hydrogens is 432 g/mol. The number of benzene rings is 2. The maximum absolute atomic E-state index is 13.1. The molecule has 2 aromatic heterocycles. The number of carbonyl (C=O) groups is 1. The Balaban J connectivity index is 1.79. The molecule has 148 valence electrons. The van der Waals surface area contributed by atoms with Gasteiger partial charge in [0, 0.05) is 28.8 Å². The second-order valence-electron chi connectivity index (χ2n) is 6.99. The van der Waals surface area contributed by atoms with Crippen LogP contribution in [0.2, 0.25) is 0 Å². The summed E-state index contributed by atoms with van der Waals surface area (Å²) in [4.78, 5) is 26.1. The molecule has 0 spiro atoms. The predicted molar refractivity (Wildman–Crippen MR) is 118 cm³/mol. The third-order valence-corrected chi connectivity index (χ3v) is 5.66. The molecule has 0 saturated heterocycles. The molecule has 0 aliphatic heterocycles. The summed E-state index contributed by atoms with van der Waals surface area (Å²) < 4.78 is 4.14. The van der Waals surface area contributed by atoms with Crippen LogP contribution >= 0.6 is 15.9 Å². The van der Waals surface area contributed by atoms with Crippen LogP contribution < -0.4 is 10.9 Å². The van der Waals surface area contributed by atoms with Crippen molar-refractivity contribution in [3.8, 4) is 0 Å². The van der Waals surface area contributed by atoms with Gasteiger partial charge in [0.1, 0.15) is 11.6 Å². The van der Waals surface area contributed by atoms with Crippen LogP contribution in [0.1, 0.15) is 24.9 Å². The van der Waals surface area contributed by atoms with Gasteiger partial charge in [0.15, 0.2) is 0 Å². The smallest absolute Gasteiger partial charge is 0.291 e. The summed E-state index contributed by atoms with van der Waals surface area (Å²) >= 11 is 3.45. The minimum Gasteiger partial charge on any atom is -0.350 e. The zero-order chi connectivity index (χ0) is 20.5. The van der Waals surface area contributed by atoms with E-state index >= 15 is 0 Å². The number of halogens is 1. The number of fused-ring (bicyclic) bond motifs is 3. The van der Waals surface area contributed by atoms with Crippen LogP contribution in [0.5, 0.6) is 0 Å². The molecule has 4 rings (SSSR count). The molecule has 1 atom stereocenters. The Hall–Kier alpha value is -2.93. The fraction of sp³-hybridized carbons (Fsp3) is 0.227. The lowest BCUT2D eigenvalue weighted by atomic mass is 10.1. The Morgan fingerprint density at radius 1 is 1.17 bits per heavy atom. The first-order valence-corrected chi connectivity index (χ1v) is 10.3. The van der Waals surface area contributed by atoms with Gasteiger partial charge in [0.2, 0.25) is 5.91 Å². The van der Waals surface area contributed by atoms with Crippen molar-refractivity contribution in [2.24, 2.45) is 7.05 Å². The molecule has 1 N–H and O–H groups in total. The first kappa shape index (κ1) is 19.4. The van der Waals surface area contributed by atoms with Crippen LogP contribution in [0.25, 0.3) is 21.8 Å². The quantitative estimate of drug-likeness (QED) is 0.498. The second-order valence-corrected chi connectivity index (χ2v) is 7.91. The molecule has 0 aliphatic rings. The van der Waals surface area contributed by atoms with Gasteiger partial charge in [-0.3, -0.25) is 9.59 Å². The molecule has 0 saturated carbocycles. The second kappa shape index (κ2) is 7.83. The largest absolute Gasteiger partial charge is 0.350 e. The van der Waals surface area contributed by atoms with Crippen molar-refractivity contribution in [2.45, 2.75) is 25.9 Å². The van der Waals surface area contributed by atoms with Crippen LogP contribution in [0, 0.1) is 0 Å². The fourth-order valence-corrected chi connectivity index (χ4v) is 4.20. The summed E-state index contributed by atoms with van der Waals surface area (Å²) in [7, 11) is 1.62. The van der Waals surface area contributed by atoms with E-state index < -0.39 is 6.04 Å². The van der Waals surface area contributed by atoms with E-state index in [1.54, 1.807) is 13.2 Å². The number of amides is 1. The van der Waals surface area contributed by atoms with Crippen molar-refractivity contribution in [1.82, 2.24) is 19.7 Å². The maximum Gasteiger partial charge on any atom is 0.291 e. The summed E-state index contributed by atoms with van der Waals surface area (Å²) in [6.45, 7) is 2.38. The minimum atomic E-state index is -0.500. The molecule has 1 unspecified atom stereocenters. The number of nitrogens with zero attached hydrogens (tertiary/aromatic N) is 3. The van der Waals surface area contributed by atoms with Crippen molar-refractivity contribution in [3.05, 3.63) is 75.1 Å². The van der Waals surface area contributed by atoms with E-state index in [9.17, 15) is 9.59 Å². The number of hydrogen-bond acceptors (Lipinski definition) is 3. The van der Waals surface area contributed by atoms with Gasteiger partial charge in [-0.1, -0.05) is 53.2 Å². The zero-order valence-corrected chi connectivity index (χ0v) is 17.8. The summed E-state index contributed by atoms with van der Waals surface area (Å²) in [5, 5.41) is 8.88. The van der Waals surface area contributed by atoms with Crippen molar-refractivity contribution in [2.75, 3.05) is 0 Å². The molecular formula is C22H21BrN4O2. The average Bonchev–Trinajstić information content (AvgIpc) is 3.05. The van der Waals surface area contributed by atoms with Gasteiger partial charge in [0.25, 0.3) is 5.56 Å². The van der Waals surface area contributed by atoms with Crippen molar-refractivity contribution in [1.29, 1.82) is 0 Å². The van der Waals surface area contributed by atoms with Gasteiger partial charge in [-0.15, -0.1) is 0 Å². The maximum atomic E-state index is 13.1. The highest BCUT2D eigenvalue weighted by atomic mass is 79.9. The number of aryl methyl sites for hydroxylation is 1. The number of para-hydroxylation sites is 1. The van der Waals surface area contributed by atoms with Crippen molar-refractivity contribution < 1.29 is 4.79 Å². The molecule has 0 fully saturated rings. The monoisotopic (exact) mass is 452 g/mol. The van der Waals surface area contributed by atoms with Crippen LogP contribution in [-0.2, 0) is 18.4 Å². The predicted octanol–water partition coefficient (Wildman–Crippen LogP) is 3.92. The summed E-state index contributed by atoms with van der Waals surface area (Å²) in [6, 6.07) is 15.1. The van der Waals surface area contributed by atoms with Gasteiger partial charge in [-0.2, -0.15) is 5.10 Å². The van der Waals surface area contributed by atoms with Crippen LogP contribution in [0.3, 0.4) is 0 Å². The Morgan fingerprint density at radius 2 is 1.97 bits per heavy atom. The highest BCUT2D eigenvalue weighted by Crippen LogP contribution is 2.30. The summed E-state index contributed by atoms with van der Waals surface area (Å²) in [5.41, 5.74) is 2.16. The Bertz CT molecular complexity index is 1280. The first-order valence-electron chi connectivity index (χ1n) is 9.48. The molecule has 0 bridgehead atoms. The highest BCUT2D eigenvalue weighted by Gasteiger charge is 2.25. The number of nitrogens with one attached hydrogen (secondary N) is 1. The molecule has 4 aromatic rings. The fourth-order valence-electron chi connectivity index (χ4n) is 3.75. The van der Waals surface area contributed by atoms with E-state index in [2.05, 4.69) is 26.3 Å². The number of aromatic nitrogens is 3. The van der Waals surface area contributed by atoms with E-state index in [1.165, 1.54) is 4.68 Å². The van der Waals surface area contributed by atoms with Crippen molar-refractivity contribution >= 4 is 43.6 Å². The van der Waals surface area contributed by atoms with Gasteiger partial charge in [0.05, 0.1) is 11.7 Å². The lowest BCUT2D eigenvalue weighted by Gasteiger charge is -2.19. The zero-order valence-electron chi connectivity index (χ0n) is 16.2.